The smallest absolute Gasteiger partial charge is 0.151 e. The lowest BCUT2D eigenvalue weighted by molar-refractivity contribution is 0.112. The lowest BCUT2D eigenvalue weighted by atomic mass is 10.2. The molecular weight excluding hydrogens is 240 g/mol. The van der Waals surface area contributed by atoms with Crippen LogP contribution in [0.15, 0.2) is 58.3 Å². The van der Waals surface area contributed by atoms with Gasteiger partial charge in [0.15, 0.2) is 6.29 Å². The van der Waals surface area contributed by atoms with E-state index >= 15 is 0 Å². The number of rotatable bonds is 3. The molecular formula is C13H9ClOS. The van der Waals surface area contributed by atoms with Gasteiger partial charge in [0.2, 0.25) is 0 Å². The summed E-state index contributed by atoms with van der Waals surface area (Å²) in [5.41, 5.74) is 0.626. The minimum absolute atomic E-state index is 0.610. The Hall–Kier alpha value is -1.25. The first-order valence-electron chi connectivity index (χ1n) is 4.78. The third kappa shape index (κ3) is 2.46. The van der Waals surface area contributed by atoms with Gasteiger partial charge in [-0.1, -0.05) is 53.7 Å². The van der Waals surface area contributed by atoms with Gasteiger partial charge in [0.25, 0.3) is 0 Å². The molecule has 0 N–H and O–H groups in total. The predicted octanol–water partition coefficient (Wildman–Crippen LogP) is 4.30. The average Bonchev–Trinajstić information content (AvgIpc) is 2.33. The minimum Gasteiger partial charge on any atom is -0.298 e. The first-order chi connectivity index (χ1) is 7.81. The topological polar surface area (TPSA) is 17.1 Å². The molecule has 0 aromatic heterocycles. The SMILES string of the molecule is O=Cc1cccc(Cl)c1Sc1ccccc1. The second kappa shape index (κ2) is 5.19. The Balaban J connectivity index is 2.38. The van der Waals surface area contributed by atoms with E-state index in [9.17, 15) is 4.79 Å². The molecule has 2 aromatic carbocycles. The molecule has 0 fully saturated rings. The van der Waals surface area contributed by atoms with Crippen molar-refractivity contribution in [1.82, 2.24) is 0 Å². The van der Waals surface area contributed by atoms with Gasteiger partial charge in [-0.25, -0.2) is 0 Å². The third-order valence-corrected chi connectivity index (χ3v) is 3.68. The van der Waals surface area contributed by atoms with Crippen molar-refractivity contribution in [3.8, 4) is 0 Å². The van der Waals surface area contributed by atoms with Crippen LogP contribution >= 0.6 is 23.4 Å². The lowest BCUT2D eigenvalue weighted by Gasteiger charge is -2.06. The summed E-state index contributed by atoms with van der Waals surface area (Å²) >= 11 is 7.58. The maximum atomic E-state index is 10.9. The molecule has 0 heterocycles. The van der Waals surface area contributed by atoms with Crippen LogP contribution in [0.25, 0.3) is 0 Å². The fourth-order valence-corrected chi connectivity index (χ4v) is 2.56. The summed E-state index contributed by atoms with van der Waals surface area (Å²) in [7, 11) is 0. The van der Waals surface area contributed by atoms with Crippen molar-refractivity contribution in [3.05, 3.63) is 59.1 Å². The van der Waals surface area contributed by atoms with E-state index < -0.39 is 0 Å². The Bertz CT molecular complexity index is 497. The number of hydrogen-bond donors (Lipinski definition) is 0. The highest BCUT2D eigenvalue weighted by Gasteiger charge is 2.07. The number of carbonyl (C=O) groups is 1. The molecule has 0 bridgehead atoms. The molecule has 0 unspecified atom stereocenters. The molecule has 3 heteroatoms. The van der Waals surface area contributed by atoms with E-state index in [0.29, 0.717) is 10.6 Å². The summed E-state index contributed by atoms with van der Waals surface area (Å²) in [6, 6.07) is 15.2. The van der Waals surface area contributed by atoms with Crippen LogP contribution in [0.1, 0.15) is 10.4 Å². The number of halogens is 1. The highest BCUT2D eigenvalue weighted by Crippen LogP contribution is 2.35. The normalized spacial score (nSPS) is 10.1. The van der Waals surface area contributed by atoms with E-state index in [1.165, 1.54) is 11.8 Å². The van der Waals surface area contributed by atoms with Crippen LogP contribution < -0.4 is 0 Å². The summed E-state index contributed by atoms with van der Waals surface area (Å²) in [6.07, 6.45) is 0.831. The van der Waals surface area contributed by atoms with E-state index in [0.717, 1.165) is 16.1 Å². The molecule has 80 valence electrons. The van der Waals surface area contributed by atoms with Gasteiger partial charge >= 0.3 is 0 Å². The predicted molar refractivity (Wildman–Crippen MR) is 67.4 cm³/mol. The number of hydrogen-bond acceptors (Lipinski definition) is 2. The van der Waals surface area contributed by atoms with Gasteiger partial charge in [-0.15, -0.1) is 0 Å². The largest absolute Gasteiger partial charge is 0.298 e. The van der Waals surface area contributed by atoms with E-state index in [2.05, 4.69) is 0 Å². The molecule has 16 heavy (non-hydrogen) atoms. The molecule has 0 saturated heterocycles. The zero-order valence-electron chi connectivity index (χ0n) is 8.39. The van der Waals surface area contributed by atoms with Crippen molar-refractivity contribution in [2.45, 2.75) is 9.79 Å². The van der Waals surface area contributed by atoms with Gasteiger partial charge in [-0.05, 0) is 18.2 Å². The summed E-state index contributed by atoms with van der Waals surface area (Å²) < 4.78 is 0. The van der Waals surface area contributed by atoms with Crippen LogP contribution in [-0.4, -0.2) is 6.29 Å². The second-order valence-electron chi connectivity index (χ2n) is 3.19. The lowest BCUT2D eigenvalue weighted by Crippen LogP contribution is -1.85. The molecule has 0 aliphatic carbocycles. The Labute approximate surface area is 103 Å². The fourth-order valence-electron chi connectivity index (χ4n) is 1.33. The van der Waals surface area contributed by atoms with Crippen molar-refractivity contribution in [2.24, 2.45) is 0 Å². The Kier molecular flexibility index (Phi) is 3.65. The summed E-state index contributed by atoms with van der Waals surface area (Å²) in [5, 5.41) is 0.610. The van der Waals surface area contributed by atoms with Gasteiger partial charge in [-0.3, -0.25) is 4.79 Å². The van der Waals surface area contributed by atoms with Crippen LogP contribution in [0.4, 0.5) is 0 Å². The van der Waals surface area contributed by atoms with Gasteiger partial charge in [-0.2, -0.15) is 0 Å². The molecule has 0 amide bonds. The van der Waals surface area contributed by atoms with Crippen LogP contribution in [0.5, 0.6) is 0 Å². The van der Waals surface area contributed by atoms with Crippen LogP contribution in [0, 0.1) is 0 Å². The van der Waals surface area contributed by atoms with E-state index in [-0.39, 0.29) is 0 Å². The van der Waals surface area contributed by atoms with Crippen molar-refractivity contribution in [1.29, 1.82) is 0 Å². The standard InChI is InChI=1S/C13H9ClOS/c14-12-8-4-5-10(9-15)13(12)16-11-6-2-1-3-7-11/h1-9H. The maximum Gasteiger partial charge on any atom is 0.151 e. The van der Waals surface area contributed by atoms with Crippen molar-refractivity contribution in [2.75, 3.05) is 0 Å². The number of carbonyl (C=O) groups excluding carboxylic acids is 1. The highest BCUT2D eigenvalue weighted by molar-refractivity contribution is 7.99. The van der Waals surface area contributed by atoms with Gasteiger partial charge in [0, 0.05) is 15.4 Å². The zero-order chi connectivity index (χ0) is 11.4. The third-order valence-electron chi connectivity index (χ3n) is 2.09. The van der Waals surface area contributed by atoms with Crippen LogP contribution in [0.2, 0.25) is 5.02 Å². The quantitative estimate of drug-likeness (QED) is 0.754. The fraction of sp³-hybridized carbons (Fsp3) is 0. The Morgan fingerprint density at radius 3 is 2.44 bits per heavy atom. The first-order valence-corrected chi connectivity index (χ1v) is 5.97. The Morgan fingerprint density at radius 1 is 1.00 bits per heavy atom. The number of benzene rings is 2. The van der Waals surface area contributed by atoms with Crippen molar-refractivity contribution < 1.29 is 4.79 Å². The molecule has 1 nitrogen and oxygen atoms in total. The Morgan fingerprint density at radius 2 is 1.75 bits per heavy atom. The molecule has 0 aliphatic rings. The molecule has 0 spiro atoms. The van der Waals surface area contributed by atoms with E-state index in [1.54, 1.807) is 18.2 Å². The highest BCUT2D eigenvalue weighted by atomic mass is 35.5. The average molecular weight is 249 g/mol. The zero-order valence-corrected chi connectivity index (χ0v) is 9.96. The van der Waals surface area contributed by atoms with Gasteiger partial charge in [0.05, 0.1) is 5.02 Å². The minimum atomic E-state index is 0.610. The van der Waals surface area contributed by atoms with E-state index in [4.69, 9.17) is 11.6 Å². The molecule has 0 radical (unpaired) electrons. The molecule has 0 atom stereocenters. The maximum absolute atomic E-state index is 10.9. The monoisotopic (exact) mass is 248 g/mol. The second-order valence-corrected chi connectivity index (χ2v) is 4.68. The summed E-state index contributed by atoms with van der Waals surface area (Å²) in [4.78, 5) is 12.8. The molecule has 0 aliphatic heterocycles. The molecule has 0 saturated carbocycles. The van der Waals surface area contributed by atoms with Gasteiger partial charge < -0.3 is 0 Å². The van der Waals surface area contributed by atoms with Crippen molar-refractivity contribution >= 4 is 29.6 Å². The van der Waals surface area contributed by atoms with Crippen LogP contribution in [-0.2, 0) is 0 Å². The molecule has 2 rings (SSSR count). The van der Waals surface area contributed by atoms with E-state index in [1.807, 2.05) is 30.3 Å². The van der Waals surface area contributed by atoms with Gasteiger partial charge in [0.1, 0.15) is 0 Å². The summed E-state index contributed by atoms with van der Waals surface area (Å²) in [6.45, 7) is 0. The van der Waals surface area contributed by atoms with Crippen LogP contribution in [0.3, 0.4) is 0 Å². The summed E-state index contributed by atoms with van der Waals surface area (Å²) in [5.74, 6) is 0. The van der Waals surface area contributed by atoms with Crippen molar-refractivity contribution in [3.63, 3.8) is 0 Å². The number of aldehydes is 1. The first kappa shape index (κ1) is 11.2. The molecule has 2 aromatic rings.